The van der Waals surface area contributed by atoms with Crippen molar-refractivity contribution in [3.8, 4) is 5.75 Å². The van der Waals surface area contributed by atoms with E-state index in [4.69, 9.17) is 7.85 Å². The lowest BCUT2D eigenvalue weighted by molar-refractivity contribution is 0.0826. The molecule has 2 radical (unpaired) electrons. The topological polar surface area (TPSA) is 123 Å². The van der Waals surface area contributed by atoms with Crippen LogP contribution in [0.1, 0.15) is 38.1 Å². The van der Waals surface area contributed by atoms with Gasteiger partial charge in [0.1, 0.15) is 7.85 Å². The van der Waals surface area contributed by atoms with Gasteiger partial charge in [0.05, 0.1) is 17.3 Å². The number of carbonyl (C=O) groups is 1. The molecule has 1 atom stereocenters. The highest BCUT2D eigenvalue weighted by atomic mass is 32.2. The molecule has 1 aromatic rings. The molecule has 0 saturated carbocycles. The third-order valence-corrected chi connectivity index (χ3v) is 5.20. The van der Waals surface area contributed by atoms with Crippen LogP contribution in [0.15, 0.2) is 21.5 Å². The molecule has 0 saturated heterocycles. The predicted octanol–water partition coefficient (Wildman–Crippen LogP) is 0.379. The Bertz CT molecular complexity index is 964. The maximum atomic E-state index is 12.3. The first-order valence-electron chi connectivity index (χ1n) is 8.54. The number of aliphatic imine (C=N–C) groups is 1. The molecule has 2 rings (SSSR count). The molecule has 11 heteroatoms. The van der Waals surface area contributed by atoms with Crippen LogP contribution in [-0.4, -0.2) is 64.0 Å². The van der Waals surface area contributed by atoms with Crippen molar-refractivity contribution in [2.75, 3.05) is 19.4 Å². The number of benzene rings is 1. The number of hydrogen-bond donors (Lipinski definition) is 3. The number of hydrogen-bond acceptors (Lipinski definition) is 6. The minimum atomic E-state index is -3.95. The normalized spacial score (nSPS) is 18.4. The van der Waals surface area contributed by atoms with E-state index in [2.05, 4.69) is 19.4 Å². The maximum Gasteiger partial charge on any atom is 0.345 e. The number of phenols is 1. The van der Waals surface area contributed by atoms with Crippen LogP contribution in [0.5, 0.6) is 5.75 Å². The van der Waals surface area contributed by atoms with Gasteiger partial charge in [0.2, 0.25) is 0 Å². The van der Waals surface area contributed by atoms with Gasteiger partial charge in [-0.1, -0.05) is 32.3 Å². The molecule has 1 amide bonds. The van der Waals surface area contributed by atoms with E-state index < -0.39 is 21.9 Å². The fourth-order valence-corrected chi connectivity index (χ4v) is 3.01. The SMILES string of the molecule is [B]c1ccc(NC2=NS(=O)(=O)NC2=N[C@@H](C)C(C)(C)C)c(O)c1C(=O)N(C)C. The van der Waals surface area contributed by atoms with Gasteiger partial charge in [-0.25, -0.2) is 4.72 Å². The number of anilines is 1. The van der Waals surface area contributed by atoms with E-state index in [1.54, 1.807) is 0 Å². The lowest BCUT2D eigenvalue weighted by atomic mass is 9.88. The van der Waals surface area contributed by atoms with Gasteiger partial charge in [-0.3, -0.25) is 9.79 Å². The lowest BCUT2D eigenvalue weighted by Gasteiger charge is -2.24. The Morgan fingerprint density at radius 1 is 1.36 bits per heavy atom. The summed E-state index contributed by atoms with van der Waals surface area (Å²) in [6.07, 6.45) is 0. The largest absolute Gasteiger partial charge is 0.505 e. The Morgan fingerprint density at radius 2 is 1.96 bits per heavy atom. The molecule has 28 heavy (non-hydrogen) atoms. The molecule has 0 aliphatic carbocycles. The van der Waals surface area contributed by atoms with Crippen LogP contribution in [0.3, 0.4) is 0 Å². The minimum absolute atomic E-state index is 0.0270. The summed E-state index contributed by atoms with van der Waals surface area (Å²) in [5, 5.41) is 13.3. The molecule has 1 aliphatic rings. The molecule has 0 bridgehead atoms. The first-order chi connectivity index (χ1) is 12.7. The lowest BCUT2D eigenvalue weighted by Crippen LogP contribution is -2.34. The third-order valence-electron chi connectivity index (χ3n) is 4.32. The molecule has 9 nitrogen and oxygen atoms in total. The predicted molar refractivity (Wildman–Crippen MR) is 111 cm³/mol. The molecule has 1 aliphatic heterocycles. The van der Waals surface area contributed by atoms with Crippen molar-refractivity contribution in [2.24, 2.45) is 14.8 Å². The summed E-state index contributed by atoms with van der Waals surface area (Å²) >= 11 is 0. The van der Waals surface area contributed by atoms with Crippen molar-refractivity contribution in [1.29, 1.82) is 0 Å². The zero-order valence-corrected chi connectivity index (χ0v) is 17.5. The number of amidine groups is 2. The van der Waals surface area contributed by atoms with Crippen molar-refractivity contribution in [1.82, 2.24) is 9.62 Å². The van der Waals surface area contributed by atoms with Gasteiger partial charge in [0, 0.05) is 14.1 Å². The number of amides is 1. The molecular formula is C17H24BN5O4S. The van der Waals surface area contributed by atoms with Gasteiger partial charge < -0.3 is 15.3 Å². The fourth-order valence-electron chi connectivity index (χ4n) is 2.20. The molecule has 0 unspecified atom stereocenters. The summed E-state index contributed by atoms with van der Waals surface area (Å²) in [4.78, 5) is 18.0. The molecule has 1 heterocycles. The smallest absolute Gasteiger partial charge is 0.345 e. The van der Waals surface area contributed by atoms with Crippen LogP contribution in [-0.2, 0) is 10.2 Å². The Kier molecular flexibility index (Phi) is 5.79. The number of rotatable bonds is 3. The van der Waals surface area contributed by atoms with E-state index >= 15 is 0 Å². The summed E-state index contributed by atoms with van der Waals surface area (Å²) in [6, 6.07) is 2.64. The highest BCUT2D eigenvalue weighted by molar-refractivity contribution is 7.89. The second-order valence-electron chi connectivity index (χ2n) is 7.79. The van der Waals surface area contributed by atoms with Gasteiger partial charge in [-0.2, -0.15) is 8.42 Å². The van der Waals surface area contributed by atoms with Crippen molar-refractivity contribution in [3.05, 3.63) is 17.7 Å². The average molecular weight is 405 g/mol. The summed E-state index contributed by atoms with van der Waals surface area (Å²) in [5.74, 6) is -0.958. The second-order valence-corrected chi connectivity index (χ2v) is 9.12. The van der Waals surface area contributed by atoms with E-state index in [0.717, 1.165) is 0 Å². The van der Waals surface area contributed by atoms with E-state index in [1.165, 1.54) is 31.1 Å². The Hall–Kier alpha value is -2.56. The van der Waals surface area contributed by atoms with Gasteiger partial charge >= 0.3 is 10.2 Å². The minimum Gasteiger partial charge on any atom is -0.505 e. The highest BCUT2D eigenvalue weighted by Crippen LogP contribution is 2.28. The average Bonchev–Trinajstić information content (AvgIpc) is 2.82. The van der Waals surface area contributed by atoms with Gasteiger partial charge in [0.25, 0.3) is 5.91 Å². The molecule has 0 fully saturated rings. The van der Waals surface area contributed by atoms with Crippen LogP contribution in [0.4, 0.5) is 5.69 Å². The van der Waals surface area contributed by atoms with Crippen molar-refractivity contribution in [3.63, 3.8) is 0 Å². The van der Waals surface area contributed by atoms with Crippen molar-refractivity contribution >= 4 is 46.8 Å². The van der Waals surface area contributed by atoms with Gasteiger partial charge in [-0.15, -0.1) is 4.40 Å². The van der Waals surface area contributed by atoms with Crippen LogP contribution in [0.25, 0.3) is 0 Å². The summed E-state index contributed by atoms with van der Waals surface area (Å²) in [7, 11) is 4.92. The van der Waals surface area contributed by atoms with Crippen molar-refractivity contribution in [2.45, 2.75) is 33.7 Å². The summed E-state index contributed by atoms with van der Waals surface area (Å²) in [5.41, 5.74) is -0.129. The van der Waals surface area contributed by atoms with Crippen LogP contribution < -0.4 is 15.5 Å². The number of nitrogens with one attached hydrogen (secondary N) is 2. The molecule has 1 aromatic carbocycles. The van der Waals surface area contributed by atoms with Crippen LogP contribution in [0, 0.1) is 5.41 Å². The molecule has 150 valence electrons. The summed E-state index contributed by atoms with van der Waals surface area (Å²) < 4.78 is 29.7. The fraction of sp³-hybridized carbons (Fsp3) is 0.471. The van der Waals surface area contributed by atoms with E-state index in [9.17, 15) is 18.3 Å². The summed E-state index contributed by atoms with van der Waals surface area (Å²) in [6.45, 7) is 7.77. The number of aromatic hydroxyl groups is 1. The van der Waals surface area contributed by atoms with Crippen LogP contribution >= 0.6 is 0 Å². The van der Waals surface area contributed by atoms with Crippen molar-refractivity contribution < 1.29 is 18.3 Å². The molecule has 3 N–H and O–H groups in total. The zero-order chi connectivity index (χ0) is 21.4. The zero-order valence-electron chi connectivity index (χ0n) is 16.7. The number of nitrogens with zero attached hydrogens (tertiary/aromatic N) is 3. The van der Waals surface area contributed by atoms with E-state index in [-0.39, 0.29) is 39.8 Å². The van der Waals surface area contributed by atoms with Gasteiger partial charge in [0.15, 0.2) is 17.4 Å². The van der Waals surface area contributed by atoms with E-state index in [0.29, 0.717) is 0 Å². The number of phenolic OH excluding ortho intramolecular Hbond substituents is 1. The third kappa shape index (κ3) is 4.64. The maximum absolute atomic E-state index is 12.3. The molecule has 0 spiro atoms. The van der Waals surface area contributed by atoms with Crippen LogP contribution in [0.2, 0.25) is 0 Å². The quantitative estimate of drug-likeness (QED) is 0.496. The van der Waals surface area contributed by atoms with E-state index in [1.807, 2.05) is 27.7 Å². The first-order valence-corrected chi connectivity index (χ1v) is 9.98. The molecular weight excluding hydrogens is 381 g/mol. The Labute approximate surface area is 166 Å². The number of carbonyl (C=O) groups excluding carboxylic acids is 1. The first kappa shape index (κ1) is 21.7. The Morgan fingerprint density at radius 3 is 2.50 bits per heavy atom. The highest BCUT2D eigenvalue weighted by Gasteiger charge is 2.30. The standard InChI is InChI=1S/C17H24BN5O4S/c1-9(17(2,3)4)19-14-15(22-28(26,27)21-14)20-11-8-7-10(18)12(13(11)24)16(25)23(5)6/h7-9,24H,1-6H3,(H,19,21)(H,20,22)/t9-/m0/s1. The van der Waals surface area contributed by atoms with Gasteiger partial charge in [-0.05, 0) is 18.4 Å². The second kappa shape index (κ2) is 7.46. The molecule has 0 aromatic heterocycles. The Balaban J connectivity index is 2.47. The monoisotopic (exact) mass is 405 g/mol.